The maximum Gasteiger partial charge on any atom is 0.436 e. The fourth-order valence-electron chi connectivity index (χ4n) is 1.74. The Bertz CT molecular complexity index is 760. The van der Waals surface area contributed by atoms with Crippen LogP contribution < -0.4 is 11.2 Å². The lowest BCUT2D eigenvalue weighted by Gasteiger charge is -2.11. The summed E-state index contributed by atoms with van der Waals surface area (Å²) in [5, 5.41) is 11.4. The van der Waals surface area contributed by atoms with Crippen LogP contribution in [0.15, 0.2) is 29.4 Å². The Kier molecular flexibility index (Phi) is 5.35. The lowest BCUT2D eigenvalue weighted by molar-refractivity contribution is 0.147. The summed E-state index contributed by atoms with van der Waals surface area (Å²) >= 11 is -1.60. The second kappa shape index (κ2) is 7.25. The minimum Gasteiger partial charge on any atom is -0.609 e. The van der Waals surface area contributed by atoms with Crippen LogP contribution in [0.1, 0.15) is 18.1 Å². The van der Waals surface area contributed by atoms with E-state index in [9.17, 15) is 9.35 Å². The van der Waals surface area contributed by atoms with E-state index in [1.165, 1.54) is 0 Å². The number of carbonyl (C=O) groups excluding carboxylic acids is 1. The molecule has 1 unspecified atom stereocenters. The largest absolute Gasteiger partial charge is 0.609 e. The molecule has 8 nitrogen and oxygen atoms in total. The van der Waals surface area contributed by atoms with Gasteiger partial charge in [-0.15, -0.1) is 4.68 Å². The first-order valence-corrected chi connectivity index (χ1v) is 8.16. The van der Waals surface area contributed by atoms with Gasteiger partial charge in [0.2, 0.25) is 0 Å². The molecular weight excluding hydrogens is 318 g/mol. The smallest absolute Gasteiger partial charge is 0.436 e. The molecule has 122 valence electrons. The lowest BCUT2D eigenvalue weighted by atomic mass is 10.2. The van der Waals surface area contributed by atoms with Gasteiger partial charge in [0.25, 0.3) is 0 Å². The van der Waals surface area contributed by atoms with E-state index in [4.69, 9.17) is 15.9 Å². The Morgan fingerprint density at radius 3 is 2.70 bits per heavy atom. The first-order chi connectivity index (χ1) is 10.9. The fraction of sp³-hybridized carbons (Fsp3) is 0.286. The molecule has 3 N–H and O–H groups in total. The number of ether oxygens (including phenoxy) is 1. The number of nitrogen functional groups attached to an aromatic ring is 1. The van der Waals surface area contributed by atoms with Crippen molar-refractivity contribution in [3.05, 3.63) is 40.9 Å². The van der Waals surface area contributed by atoms with Gasteiger partial charge in [-0.2, -0.15) is 4.98 Å². The molecule has 0 saturated heterocycles. The van der Waals surface area contributed by atoms with Crippen molar-refractivity contribution >= 4 is 23.1 Å². The molecule has 0 spiro atoms. The fourth-order valence-corrected chi connectivity index (χ4v) is 2.73. The van der Waals surface area contributed by atoms with Crippen LogP contribution >= 0.6 is 0 Å². The summed E-state index contributed by atoms with van der Waals surface area (Å²) in [6.07, 6.45) is -0.861. The maximum absolute atomic E-state index is 12.4. The number of carbonyl (C=O) groups is 1. The van der Waals surface area contributed by atoms with E-state index in [1.807, 2.05) is 31.2 Å². The van der Waals surface area contributed by atoms with Crippen molar-refractivity contribution in [3.63, 3.8) is 0 Å². The van der Waals surface area contributed by atoms with Crippen LogP contribution in [-0.2, 0) is 21.7 Å². The monoisotopic (exact) mass is 335 g/mol. The molecule has 1 aromatic heterocycles. The average Bonchev–Trinajstić information content (AvgIpc) is 2.52. The molecule has 0 aliphatic rings. The van der Waals surface area contributed by atoms with E-state index in [1.54, 1.807) is 6.92 Å². The van der Waals surface area contributed by atoms with Crippen molar-refractivity contribution < 1.29 is 14.1 Å². The van der Waals surface area contributed by atoms with Crippen LogP contribution in [0, 0.1) is 12.3 Å². The molecule has 9 heteroatoms. The predicted molar refractivity (Wildman–Crippen MR) is 84.0 cm³/mol. The molecule has 0 aliphatic carbocycles. The van der Waals surface area contributed by atoms with Gasteiger partial charge in [-0.05, 0) is 13.8 Å². The quantitative estimate of drug-likeness (QED) is 0.800. The number of rotatable bonds is 4. The molecule has 1 aromatic carbocycles. The lowest BCUT2D eigenvalue weighted by Crippen LogP contribution is -2.35. The van der Waals surface area contributed by atoms with Crippen LogP contribution in [0.25, 0.3) is 0 Å². The van der Waals surface area contributed by atoms with Gasteiger partial charge >= 0.3 is 11.2 Å². The van der Waals surface area contributed by atoms with E-state index in [0.29, 0.717) is 4.68 Å². The van der Waals surface area contributed by atoms with Crippen LogP contribution in [0.3, 0.4) is 0 Å². The first-order valence-electron chi connectivity index (χ1n) is 6.85. The van der Waals surface area contributed by atoms with E-state index < -0.39 is 22.8 Å². The Morgan fingerprint density at radius 1 is 1.43 bits per heavy atom. The molecule has 1 atom stereocenters. The van der Waals surface area contributed by atoms with E-state index >= 15 is 0 Å². The van der Waals surface area contributed by atoms with E-state index in [0.717, 1.165) is 11.1 Å². The second-order valence-corrected chi connectivity index (χ2v) is 6.06. The molecule has 0 amide bonds. The maximum atomic E-state index is 12.4. The molecule has 23 heavy (non-hydrogen) atoms. The van der Waals surface area contributed by atoms with Gasteiger partial charge in [0.1, 0.15) is 5.75 Å². The highest BCUT2D eigenvalue weighted by Crippen LogP contribution is 2.13. The van der Waals surface area contributed by atoms with Crippen LogP contribution in [0.5, 0.6) is 0 Å². The van der Waals surface area contributed by atoms with Gasteiger partial charge in [-0.1, -0.05) is 34.9 Å². The molecule has 0 aliphatic heterocycles. The summed E-state index contributed by atoms with van der Waals surface area (Å²) in [5.74, 6) is -0.0554. The molecule has 2 aromatic rings. The highest BCUT2D eigenvalue weighted by molar-refractivity contribution is 7.90. The third-order valence-corrected chi connectivity index (χ3v) is 4.09. The third-order valence-electron chi connectivity index (χ3n) is 2.92. The SMILES string of the molecule is CCOC(=O)n1nc([S+]([O-])Cc2ccc(C)cc2)nc(N)c1=N. The summed E-state index contributed by atoms with van der Waals surface area (Å²) in [6.45, 7) is 3.71. The summed E-state index contributed by atoms with van der Waals surface area (Å²) in [4.78, 5) is 15.6. The van der Waals surface area contributed by atoms with E-state index in [2.05, 4.69) is 10.1 Å². The number of aryl methyl sites for hydroxylation is 1. The zero-order chi connectivity index (χ0) is 17.0. The van der Waals surface area contributed by atoms with Crippen molar-refractivity contribution in [2.45, 2.75) is 24.8 Å². The standard InChI is InChI=1S/C14H17N5O3S/c1-3-22-14(20)19-12(16)11(15)17-13(18-19)23(21)8-10-6-4-9(2)5-7-10/h4-7,16H,3,8H2,1-2H3,(H2,15,17,18). The van der Waals surface area contributed by atoms with Gasteiger partial charge in [0, 0.05) is 16.7 Å². The normalized spacial score (nSPS) is 12.0. The number of aromatic nitrogens is 3. The molecule has 0 saturated carbocycles. The van der Waals surface area contributed by atoms with Crippen molar-refractivity contribution in [2.75, 3.05) is 12.3 Å². The molecule has 0 bridgehead atoms. The minimum atomic E-state index is -1.60. The number of hydrogen-bond donors (Lipinski definition) is 2. The zero-order valence-corrected chi connectivity index (χ0v) is 13.6. The zero-order valence-electron chi connectivity index (χ0n) is 12.8. The van der Waals surface area contributed by atoms with Gasteiger partial charge in [0.05, 0.1) is 6.61 Å². The molecule has 0 fully saturated rings. The minimum absolute atomic E-state index is 0.118. The number of nitrogens with one attached hydrogen (secondary N) is 1. The molecule has 1 heterocycles. The van der Waals surface area contributed by atoms with Crippen LogP contribution in [-0.4, -0.2) is 32.0 Å². The van der Waals surface area contributed by atoms with Crippen LogP contribution in [0.2, 0.25) is 0 Å². The first kappa shape index (κ1) is 17.0. The number of anilines is 1. The Labute approximate surface area is 136 Å². The second-order valence-electron chi connectivity index (χ2n) is 4.71. The van der Waals surface area contributed by atoms with Gasteiger partial charge < -0.3 is 15.0 Å². The van der Waals surface area contributed by atoms with Gasteiger partial charge in [-0.3, -0.25) is 5.41 Å². The van der Waals surface area contributed by atoms with Crippen molar-refractivity contribution in [1.29, 1.82) is 5.41 Å². The molecule has 0 radical (unpaired) electrons. The van der Waals surface area contributed by atoms with Crippen molar-refractivity contribution in [2.24, 2.45) is 0 Å². The predicted octanol–water partition coefficient (Wildman–Crippen LogP) is 0.961. The number of benzene rings is 1. The van der Waals surface area contributed by atoms with Gasteiger partial charge in [0.15, 0.2) is 11.3 Å². The number of nitrogens with two attached hydrogens (primary N) is 1. The molecule has 2 rings (SSSR count). The highest BCUT2D eigenvalue weighted by atomic mass is 32.2. The Balaban J connectivity index is 2.29. The Hall–Kier alpha value is -2.39. The summed E-state index contributed by atoms with van der Waals surface area (Å²) < 4.78 is 17.8. The van der Waals surface area contributed by atoms with Crippen molar-refractivity contribution in [3.8, 4) is 0 Å². The van der Waals surface area contributed by atoms with Gasteiger partial charge in [-0.25, -0.2) is 4.79 Å². The average molecular weight is 335 g/mol. The van der Waals surface area contributed by atoms with E-state index in [-0.39, 0.29) is 23.3 Å². The number of nitrogens with zero attached hydrogens (tertiary/aromatic N) is 3. The topological polar surface area (TPSA) is 130 Å². The Morgan fingerprint density at radius 2 is 2.09 bits per heavy atom. The highest BCUT2D eigenvalue weighted by Gasteiger charge is 2.21. The third kappa shape index (κ3) is 4.08. The van der Waals surface area contributed by atoms with Crippen LogP contribution in [0.4, 0.5) is 10.6 Å². The summed E-state index contributed by atoms with van der Waals surface area (Å²) in [7, 11) is 0. The summed E-state index contributed by atoms with van der Waals surface area (Å²) in [5.41, 5.74) is 7.14. The van der Waals surface area contributed by atoms with Crippen molar-refractivity contribution in [1.82, 2.24) is 14.8 Å². The number of hydrogen-bond acceptors (Lipinski definition) is 7. The summed E-state index contributed by atoms with van der Waals surface area (Å²) in [6, 6.07) is 7.53. The molecular formula is C14H17N5O3S.